The van der Waals surface area contributed by atoms with Crippen LogP contribution in [0.1, 0.15) is 39.7 Å². The lowest BCUT2D eigenvalue weighted by molar-refractivity contribution is -0.214. The number of nitrogens with one attached hydrogen (secondary N) is 1. The first-order chi connectivity index (χ1) is 17.9. The van der Waals surface area contributed by atoms with Crippen LogP contribution in [-0.4, -0.2) is 62.9 Å². The van der Waals surface area contributed by atoms with Crippen molar-refractivity contribution in [2.75, 3.05) is 0 Å². The molecule has 4 N–H and O–H groups in total. The highest BCUT2D eigenvalue weighted by Gasteiger charge is 2.73. The van der Waals surface area contributed by atoms with E-state index in [1.165, 1.54) is 13.8 Å². The van der Waals surface area contributed by atoms with Gasteiger partial charge in [-0.25, -0.2) is 0 Å². The summed E-state index contributed by atoms with van der Waals surface area (Å²) in [6.45, 7) is 10.3. The molecule has 1 amide bonds. The average molecular weight is 524 g/mol. The highest BCUT2D eigenvalue weighted by atomic mass is 16.5. The van der Waals surface area contributed by atoms with Crippen LogP contribution in [0.15, 0.2) is 54.1 Å². The molecule has 11 unspecified atom stereocenters. The molecule has 1 heterocycles. The summed E-state index contributed by atoms with van der Waals surface area (Å²) < 4.78 is 5.95. The van der Waals surface area contributed by atoms with Gasteiger partial charge in [0, 0.05) is 24.8 Å². The second-order valence-corrected chi connectivity index (χ2v) is 11.8. The number of carbonyl (C=O) groups is 3. The van der Waals surface area contributed by atoms with Crippen LogP contribution >= 0.6 is 0 Å². The van der Waals surface area contributed by atoms with Crippen molar-refractivity contribution in [3.05, 3.63) is 59.7 Å². The lowest BCUT2D eigenvalue weighted by Gasteiger charge is -2.59. The molecule has 204 valence electrons. The number of amides is 1. The number of Topliss-reactive ketones (excluding diaryl/α,β-unsaturated/α-hetero) is 1. The fraction of sp³-hybridized carbons (Fsp3) is 0.567. The lowest BCUT2D eigenvalue weighted by Crippen LogP contribution is -2.70. The third-order valence-electron chi connectivity index (χ3n) is 9.93. The third kappa shape index (κ3) is 3.50. The van der Waals surface area contributed by atoms with Crippen molar-refractivity contribution < 1.29 is 34.4 Å². The third-order valence-corrected chi connectivity index (χ3v) is 9.93. The Labute approximate surface area is 222 Å². The van der Waals surface area contributed by atoms with Crippen molar-refractivity contribution in [2.24, 2.45) is 35.0 Å². The van der Waals surface area contributed by atoms with Crippen molar-refractivity contribution in [1.29, 1.82) is 0 Å². The topological polar surface area (TPSA) is 133 Å². The van der Waals surface area contributed by atoms with Gasteiger partial charge in [0.15, 0.2) is 11.4 Å². The molecule has 1 aliphatic heterocycles. The quantitative estimate of drug-likeness (QED) is 0.349. The van der Waals surface area contributed by atoms with E-state index in [9.17, 15) is 29.7 Å². The minimum Gasteiger partial charge on any atom is -0.461 e. The van der Waals surface area contributed by atoms with Crippen LogP contribution in [0.2, 0.25) is 0 Å². The number of aliphatic hydroxyl groups is 3. The van der Waals surface area contributed by atoms with Crippen molar-refractivity contribution >= 4 is 17.7 Å². The van der Waals surface area contributed by atoms with E-state index in [2.05, 4.69) is 11.9 Å². The van der Waals surface area contributed by atoms with Gasteiger partial charge in [-0.3, -0.25) is 14.4 Å². The number of esters is 1. The zero-order valence-electron chi connectivity index (χ0n) is 22.3. The fourth-order valence-corrected chi connectivity index (χ4v) is 8.15. The van der Waals surface area contributed by atoms with Crippen LogP contribution in [0, 0.1) is 35.0 Å². The molecule has 2 saturated carbocycles. The van der Waals surface area contributed by atoms with Crippen LogP contribution in [-0.2, 0) is 25.5 Å². The number of ether oxygens (including phenoxy) is 1. The molecular formula is C30H37NO7. The van der Waals surface area contributed by atoms with Crippen LogP contribution in [0.25, 0.3) is 0 Å². The second kappa shape index (κ2) is 9.14. The molecule has 3 aliphatic carbocycles. The van der Waals surface area contributed by atoms with Crippen molar-refractivity contribution in [2.45, 2.75) is 70.5 Å². The van der Waals surface area contributed by atoms with Gasteiger partial charge < -0.3 is 25.4 Å². The lowest BCUT2D eigenvalue weighted by atomic mass is 9.46. The van der Waals surface area contributed by atoms with E-state index in [0.717, 1.165) is 5.56 Å². The summed E-state index contributed by atoms with van der Waals surface area (Å²) in [5.74, 6) is -4.38. The average Bonchev–Trinajstić information content (AvgIpc) is 3.14. The van der Waals surface area contributed by atoms with Crippen molar-refractivity contribution in [3.63, 3.8) is 0 Å². The summed E-state index contributed by atoms with van der Waals surface area (Å²) in [6, 6.07) is 9.36. The molecule has 1 spiro atoms. The number of allylic oxidation sites excluding steroid dienone is 1. The maximum atomic E-state index is 14.2. The van der Waals surface area contributed by atoms with E-state index in [1.807, 2.05) is 43.3 Å². The molecule has 0 aromatic heterocycles. The van der Waals surface area contributed by atoms with Crippen molar-refractivity contribution in [3.8, 4) is 0 Å². The Morgan fingerprint density at radius 1 is 1.16 bits per heavy atom. The second-order valence-electron chi connectivity index (χ2n) is 11.8. The van der Waals surface area contributed by atoms with Gasteiger partial charge in [-0.05, 0) is 54.2 Å². The van der Waals surface area contributed by atoms with E-state index in [0.29, 0.717) is 24.0 Å². The fourth-order valence-electron chi connectivity index (χ4n) is 8.15. The summed E-state index contributed by atoms with van der Waals surface area (Å²) in [5.41, 5.74) is -1.53. The Kier molecular flexibility index (Phi) is 6.44. The largest absolute Gasteiger partial charge is 0.461 e. The SMILES string of the molecule is C=C1C(O)C2=CC3CC(C)C(O)(C(C)=O)C(O)C3C(OC(C)=O)C23C(=O)NC(Cc2ccccc2)C3C1C. The molecule has 8 heteroatoms. The highest BCUT2D eigenvalue weighted by Crippen LogP contribution is 2.63. The number of hydrogen-bond donors (Lipinski definition) is 4. The Morgan fingerprint density at radius 3 is 2.42 bits per heavy atom. The van der Waals surface area contributed by atoms with Gasteiger partial charge >= 0.3 is 5.97 Å². The van der Waals surface area contributed by atoms with Crippen LogP contribution in [0.4, 0.5) is 0 Å². The maximum Gasteiger partial charge on any atom is 0.302 e. The first-order valence-corrected chi connectivity index (χ1v) is 13.4. The van der Waals surface area contributed by atoms with Crippen molar-refractivity contribution in [1.82, 2.24) is 5.32 Å². The molecule has 1 saturated heterocycles. The Morgan fingerprint density at radius 2 is 1.82 bits per heavy atom. The molecule has 0 bridgehead atoms. The number of carbonyl (C=O) groups excluding carboxylic acids is 3. The summed E-state index contributed by atoms with van der Waals surface area (Å²) in [5, 5.41) is 37.7. The molecule has 0 radical (unpaired) electrons. The first-order valence-electron chi connectivity index (χ1n) is 13.4. The van der Waals surface area contributed by atoms with Gasteiger partial charge in [0.2, 0.25) is 5.91 Å². The normalized spacial score (nSPS) is 43.8. The summed E-state index contributed by atoms with van der Waals surface area (Å²) in [4.78, 5) is 39.4. The van der Waals surface area contributed by atoms with Gasteiger partial charge in [0.1, 0.15) is 11.5 Å². The molecule has 38 heavy (non-hydrogen) atoms. The number of rotatable bonds is 4. The Bertz CT molecular complexity index is 1210. The van der Waals surface area contributed by atoms with E-state index >= 15 is 0 Å². The van der Waals surface area contributed by atoms with E-state index < -0.39 is 70.7 Å². The van der Waals surface area contributed by atoms with Gasteiger partial charge in [-0.2, -0.15) is 0 Å². The van der Waals surface area contributed by atoms with Gasteiger partial charge in [0.25, 0.3) is 0 Å². The number of fused-ring (bicyclic) bond motifs is 1. The molecule has 3 fully saturated rings. The zero-order chi connectivity index (χ0) is 27.7. The standard InChI is InChI=1S/C30H37NO7/c1-14-11-20-13-21-25(34)16(3)15(2)24-22(12-19-9-7-6-8-10-19)31-28(36)29(21,24)27(38-18(5)33)23(20)26(35)30(14,37)17(4)32/h6-10,13-15,20,22-27,34-35,37H,3,11-12H2,1-2,4-5H3,(H,31,36). The number of hydrogen-bond acceptors (Lipinski definition) is 7. The smallest absolute Gasteiger partial charge is 0.302 e. The van der Waals surface area contributed by atoms with E-state index in [1.54, 1.807) is 6.92 Å². The minimum absolute atomic E-state index is 0.309. The summed E-state index contributed by atoms with van der Waals surface area (Å²) in [7, 11) is 0. The summed E-state index contributed by atoms with van der Waals surface area (Å²) in [6.07, 6.45) is -1.27. The molecule has 1 aromatic rings. The Hall–Kier alpha value is -2.81. The van der Waals surface area contributed by atoms with E-state index in [4.69, 9.17) is 4.74 Å². The number of benzene rings is 1. The molecule has 5 rings (SSSR count). The predicted octanol–water partition coefficient (Wildman–Crippen LogP) is 1.72. The predicted molar refractivity (Wildman–Crippen MR) is 138 cm³/mol. The molecular weight excluding hydrogens is 486 g/mol. The zero-order valence-corrected chi connectivity index (χ0v) is 22.3. The van der Waals surface area contributed by atoms with Crippen LogP contribution in [0.5, 0.6) is 0 Å². The first kappa shape index (κ1) is 26.8. The molecule has 8 nitrogen and oxygen atoms in total. The number of aliphatic hydroxyl groups excluding tert-OH is 2. The van der Waals surface area contributed by atoms with Crippen LogP contribution in [0.3, 0.4) is 0 Å². The molecule has 4 aliphatic rings. The van der Waals surface area contributed by atoms with Gasteiger partial charge in [-0.15, -0.1) is 0 Å². The number of ketones is 1. The minimum atomic E-state index is -2.06. The highest BCUT2D eigenvalue weighted by molar-refractivity contribution is 5.92. The monoisotopic (exact) mass is 523 g/mol. The molecule has 11 atom stereocenters. The van der Waals surface area contributed by atoms with Gasteiger partial charge in [0.05, 0.1) is 12.2 Å². The molecule has 1 aromatic carbocycles. The van der Waals surface area contributed by atoms with Gasteiger partial charge in [-0.1, -0.05) is 56.8 Å². The van der Waals surface area contributed by atoms with Crippen LogP contribution < -0.4 is 5.32 Å². The summed E-state index contributed by atoms with van der Waals surface area (Å²) >= 11 is 0. The Balaban J connectivity index is 1.72. The van der Waals surface area contributed by atoms with E-state index in [-0.39, 0.29) is 12.0 Å². The maximum absolute atomic E-state index is 14.2.